The first-order chi connectivity index (χ1) is 10.1. The number of halogens is 1. The third-order valence-corrected chi connectivity index (χ3v) is 4.06. The molecule has 4 heteroatoms. The first-order valence-electron chi connectivity index (χ1n) is 6.91. The largest absolute Gasteiger partial charge is 0.494 e. The van der Waals surface area contributed by atoms with E-state index in [2.05, 4.69) is 21.2 Å². The number of rotatable bonds is 5. The van der Waals surface area contributed by atoms with Crippen LogP contribution in [0.5, 0.6) is 5.75 Å². The normalized spacial score (nSPS) is 10.2. The van der Waals surface area contributed by atoms with Gasteiger partial charge in [-0.1, -0.05) is 25.1 Å². The fourth-order valence-electron chi connectivity index (χ4n) is 1.89. The molecule has 0 spiro atoms. The van der Waals surface area contributed by atoms with E-state index in [4.69, 9.17) is 4.74 Å². The van der Waals surface area contributed by atoms with Gasteiger partial charge in [-0.25, -0.2) is 0 Å². The molecule has 0 saturated heterocycles. The zero-order chi connectivity index (χ0) is 15.2. The lowest BCUT2D eigenvalue weighted by molar-refractivity contribution is 0.102. The second-order valence-electron chi connectivity index (χ2n) is 4.77. The highest BCUT2D eigenvalue weighted by atomic mass is 79.9. The molecule has 1 N–H and O–H groups in total. The molecule has 0 saturated carbocycles. The van der Waals surface area contributed by atoms with E-state index in [0.717, 1.165) is 22.1 Å². The van der Waals surface area contributed by atoms with Gasteiger partial charge in [-0.3, -0.25) is 4.79 Å². The molecule has 0 aliphatic heterocycles. The van der Waals surface area contributed by atoms with E-state index in [-0.39, 0.29) is 5.91 Å². The second-order valence-corrected chi connectivity index (χ2v) is 5.56. The van der Waals surface area contributed by atoms with Gasteiger partial charge in [0.05, 0.1) is 12.3 Å². The number of hydrogen-bond acceptors (Lipinski definition) is 2. The van der Waals surface area contributed by atoms with Gasteiger partial charge in [0, 0.05) is 10.0 Å². The number of carbonyl (C=O) groups excluding carboxylic acids is 1. The van der Waals surface area contributed by atoms with Gasteiger partial charge in [-0.2, -0.15) is 0 Å². The van der Waals surface area contributed by atoms with Gasteiger partial charge in [0.2, 0.25) is 0 Å². The number of carbonyl (C=O) groups is 1. The number of hydrogen-bond donors (Lipinski definition) is 1. The van der Waals surface area contributed by atoms with Crippen molar-refractivity contribution in [2.45, 2.75) is 20.3 Å². The highest BCUT2D eigenvalue weighted by Gasteiger charge is 2.10. The quantitative estimate of drug-likeness (QED) is 0.843. The first kappa shape index (κ1) is 15.6. The predicted molar refractivity (Wildman–Crippen MR) is 89.1 cm³/mol. The Morgan fingerprint density at radius 3 is 2.76 bits per heavy atom. The summed E-state index contributed by atoms with van der Waals surface area (Å²) in [6, 6.07) is 13.0. The third-order valence-electron chi connectivity index (χ3n) is 3.01. The minimum absolute atomic E-state index is 0.150. The molecule has 0 aliphatic carbocycles. The van der Waals surface area contributed by atoms with Gasteiger partial charge in [0.15, 0.2) is 0 Å². The standard InChI is InChI=1S/C17H18BrNO2/c1-3-10-21-14-8-5-7-13(11-14)17(20)19-15-9-4-6-12(2)16(15)18/h4-9,11H,3,10H2,1-2H3,(H,19,20). The third kappa shape index (κ3) is 4.08. The van der Waals surface area contributed by atoms with Gasteiger partial charge in [-0.15, -0.1) is 0 Å². The fourth-order valence-corrected chi connectivity index (χ4v) is 2.25. The van der Waals surface area contributed by atoms with Crippen molar-refractivity contribution >= 4 is 27.5 Å². The van der Waals surface area contributed by atoms with Crippen LogP contribution < -0.4 is 10.1 Å². The number of anilines is 1. The van der Waals surface area contributed by atoms with Gasteiger partial charge in [-0.05, 0) is 59.1 Å². The molecule has 0 heterocycles. The molecule has 0 unspecified atom stereocenters. The lowest BCUT2D eigenvalue weighted by Crippen LogP contribution is -2.12. The summed E-state index contributed by atoms with van der Waals surface area (Å²) in [4.78, 5) is 12.3. The van der Waals surface area contributed by atoms with Crippen molar-refractivity contribution in [3.05, 3.63) is 58.1 Å². The monoisotopic (exact) mass is 347 g/mol. The molecule has 3 nitrogen and oxygen atoms in total. The van der Waals surface area contributed by atoms with E-state index < -0.39 is 0 Å². The highest BCUT2D eigenvalue weighted by Crippen LogP contribution is 2.26. The Kier molecular flexibility index (Phi) is 5.39. The smallest absolute Gasteiger partial charge is 0.255 e. The minimum Gasteiger partial charge on any atom is -0.494 e. The average Bonchev–Trinajstić information content (AvgIpc) is 2.50. The minimum atomic E-state index is -0.150. The van der Waals surface area contributed by atoms with Gasteiger partial charge < -0.3 is 10.1 Å². The second kappa shape index (κ2) is 7.27. The van der Waals surface area contributed by atoms with Crippen molar-refractivity contribution in [3.63, 3.8) is 0 Å². The van der Waals surface area contributed by atoms with Crippen molar-refractivity contribution in [1.29, 1.82) is 0 Å². The summed E-state index contributed by atoms with van der Waals surface area (Å²) in [7, 11) is 0. The van der Waals surface area contributed by atoms with E-state index in [1.165, 1.54) is 0 Å². The molecule has 21 heavy (non-hydrogen) atoms. The lowest BCUT2D eigenvalue weighted by Gasteiger charge is -2.10. The Bertz CT molecular complexity index is 640. The van der Waals surface area contributed by atoms with Crippen LogP contribution in [0.4, 0.5) is 5.69 Å². The summed E-state index contributed by atoms with van der Waals surface area (Å²) < 4.78 is 6.45. The van der Waals surface area contributed by atoms with Crippen molar-refractivity contribution in [3.8, 4) is 5.75 Å². The average molecular weight is 348 g/mol. The fraction of sp³-hybridized carbons (Fsp3) is 0.235. The summed E-state index contributed by atoms with van der Waals surface area (Å²) in [5.74, 6) is 0.566. The number of aryl methyl sites for hydroxylation is 1. The lowest BCUT2D eigenvalue weighted by atomic mass is 10.2. The van der Waals surface area contributed by atoms with Crippen molar-refractivity contribution in [2.24, 2.45) is 0 Å². The van der Waals surface area contributed by atoms with Crippen LogP contribution in [0.1, 0.15) is 29.3 Å². The highest BCUT2D eigenvalue weighted by molar-refractivity contribution is 9.10. The van der Waals surface area contributed by atoms with Crippen LogP contribution in [-0.4, -0.2) is 12.5 Å². The molecule has 0 radical (unpaired) electrons. The number of benzene rings is 2. The summed E-state index contributed by atoms with van der Waals surface area (Å²) in [6.45, 7) is 4.68. The molecule has 0 aromatic heterocycles. The van der Waals surface area contributed by atoms with E-state index in [9.17, 15) is 4.79 Å². The Morgan fingerprint density at radius 1 is 1.24 bits per heavy atom. The summed E-state index contributed by atoms with van der Waals surface area (Å²) >= 11 is 3.49. The SMILES string of the molecule is CCCOc1cccc(C(=O)Nc2cccc(C)c2Br)c1. The number of nitrogens with one attached hydrogen (secondary N) is 1. The van der Waals surface area contributed by atoms with E-state index in [1.54, 1.807) is 12.1 Å². The Labute approximate surface area is 133 Å². The molecule has 110 valence electrons. The van der Waals surface area contributed by atoms with Gasteiger partial charge >= 0.3 is 0 Å². The van der Waals surface area contributed by atoms with E-state index in [0.29, 0.717) is 17.9 Å². The Balaban J connectivity index is 2.15. The molecule has 1 amide bonds. The van der Waals surface area contributed by atoms with Crippen LogP contribution in [0.3, 0.4) is 0 Å². The summed E-state index contributed by atoms with van der Waals surface area (Å²) in [6.07, 6.45) is 0.937. The molecule has 2 rings (SSSR count). The molecular formula is C17H18BrNO2. The summed E-state index contributed by atoms with van der Waals surface area (Å²) in [5.41, 5.74) is 2.42. The zero-order valence-electron chi connectivity index (χ0n) is 12.2. The molecule has 2 aromatic carbocycles. The molecule has 0 aliphatic rings. The van der Waals surface area contributed by atoms with Crippen LogP contribution in [0, 0.1) is 6.92 Å². The van der Waals surface area contributed by atoms with Crippen LogP contribution in [0.15, 0.2) is 46.9 Å². The van der Waals surface area contributed by atoms with Crippen LogP contribution in [0.2, 0.25) is 0 Å². The predicted octanol–water partition coefficient (Wildman–Crippen LogP) is 4.80. The summed E-state index contributed by atoms with van der Waals surface area (Å²) in [5, 5.41) is 2.91. The molecular weight excluding hydrogens is 330 g/mol. The van der Waals surface area contributed by atoms with E-state index >= 15 is 0 Å². The molecule has 0 atom stereocenters. The zero-order valence-corrected chi connectivity index (χ0v) is 13.7. The first-order valence-corrected chi connectivity index (χ1v) is 7.70. The van der Waals surface area contributed by atoms with Crippen LogP contribution in [-0.2, 0) is 0 Å². The van der Waals surface area contributed by atoms with E-state index in [1.807, 2.05) is 44.2 Å². The van der Waals surface area contributed by atoms with Crippen molar-refractivity contribution in [2.75, 3.05) is 11.9 Å². The van der Waals surface area contributed by atoms with Gasteiger partial charge in [0.1, 0.15) is 5.75 Å². The Hall–Kier alpha value is -1.81. The Morgan fingerprint density at radius 2 is 2.00 bits per heavy atom. The maximum absolute atomic E-state index is 12.3. The number of amides is 1. The van der Waals surface area contributed by atoms with Crippen LogP contribution >= 0.6 is 15.9 Å². The van der Waals surface area contributed by atoms with Crippen LogP contribution in [0.25, 0.3) is 0 Å². The molecule has 0 fully saturated rings. The molecule has 2 aromatic rings. The maximum Gasteiger partial charge on any atom is 0.255 e. The topological polar surface area (TPSA) is 38.3 Å². The number of ether oxygens (including phenoxy) is 1. The van der Waals surface area contributed by atoms with Crippen molar-refractivity contribution < 1.29 is 9.53 Å². The maximum atomic E-state index is 12.3. The molecule has 0 bridgehead atoms. The van der Waals surface area contributed by atoms with Crippen molar-refractivity contribution in [1.82, 2.24) is 0 Å². The van der Waals surface area contributed by atoms with Gasteiger partial charge in [0.25, 0.3) is 5.91 Å².